The van der Waals surface area contributed by atoms with E-state index in [0.717, 1.165) is 6.42 Å². The van der Waals surface area contributed by atoms with Gasteiger partial charge in [0.05, 0.1) is 0 Å². The highest BCUT2D eigenvalue weighted by atomic mass is 16.6. The van der Waals surface area contributed by atoms with Crippen LogP contribution in [0.2, 0.25) is 0 Å². The fourth-order valence-electron chi connectivity index (χ4n) is 3.22. The number of ether oxygens (including phenoxy) is 1. The first-order chi connectivity index (χ1) is 7.47. The van der Waals surface area contributed by atoms with E-state index in [9.17, 15) is 9.70 Å². The van der Waals surface area contributed by atoms with Crippen LogP contribution in [0.15, 0.2) is 5.18 Å². The number of carbonyl (C=O) groups excluding carboxylic acids is 1. The minimum Gasteiger partial charge on any atom is -0.434 e. The molecule has 16 heavy (non-hydrogen) atoms. The van der Waals surface area contributed by atoms with Crippen LogP contribution in [0.1, 0.15) is 33.1 Å². The second-order valence-corrected chi connectivity index (χ2v) is 5.14. The van der Waals surface area contributed by atoms with Crippen LogP contribution < -0.4 is 0 Å². The van der Waals surface area contributed by atoms with Crippen LogP contribution in [0.5, 0.6) is 0 Å². The molecule has 0 aromatic heterocycles. The van der Waals surface area contributed by atoms with E-state index < -0.39 is 11.7 Å². The molecule has 2 fully saturated rings. The fourth-order valence-corrected chi connectivity index (χ4v) is 3.22. The maximum Gasteiger partial charge on any atom is 0.304 e. The lowest BCUT2D eigenvalue weighted by Crippen LogP contribution is -2.50. The molecule has 0 saturated carbocycles. The Kier molecular flexibility index (Phi) is 2.74. The predicted molar refractivity (Wildman–Crippen MR) is 58.6 cm³/mol. The normalized spacial score (nSPS) is 43.1. The highest BCUT2D eigenvalue weighted by Gasteiger charge is 2.53. The number of fused-ring (bicyclic) bond motifs is 2. The number of piperidine rings is 1. The minimum atomic E-state index is -1.11. The van der Waals surface area contributed by atoms with Gasteiger partial charge in [0.25, 0.3) is 0 Å². The van der Waals surface area contributed by atoms with Gasteiger partial charge in [-0.3, -0.25) is 9.69 Å². The van der Waals surface area contributed by atoms with E-state index >= 15 is 0 Å². The molecule has 2 bridgehead atoms. The fraction of sp³-hybridized carbons (Fsp3) is 0.909. The Morgan fingerprint density at radius 3 is 2.69 bits per heavy atom. The summed E-state index contributed by atoms with van der Waals surface area (Å²) in [5.74, 6) is 0.116. The van der Waals surface area contributed by atoms with Crippen LogP contribution in [0, 0.1) is 10.8 Å². The van der Waals surface area contributed by atoms with Gasteiger partial charge in [-0.05, 0) is 24.6 Å². The molecular weight excluding hydrogens is 208 g/mol. The lowest BCUT2D eigenvalue weighted by Gasteiger charge is -2.40. The van der Waals surface area contributed by atoms with Crippen LogP contribution in [0.4, 0.5) is 0 Å². The smallest absolute Gasteiger partial charge is 0.304 e. The molecule has 0 amide bonds. The summed E-state index contributed by atoms with van der Waals surface area (Å²) in [7, 11) is 2.07. The molecule has 2 aliphatic rings. The third-order valence-corrected chi connectivity index (χ3v) is 3.98. The van der Waals surface area contributed by atoms with E-state index in [4.69, 9.17) is 4.74 Å². The quantitative estimate of drug-likeness (QED) is 0.529. The van der Waals surface area contributed by atoms with E-state index in [1.54, 1.807) is 0 Å². The van der Waals surface area contributed by atoms with Gasteiger partial charge in [0.2, 0.25) is 5.72 Å². The molecule has 5 heteroatoms. The monoisotopic (exact) mass is 226 g/mol. The Labute approximate surface area is 95.1 Å². The molecule has 2 aliphatic heterocycles. The van der Waals surface area contributed by atoms with Crippen molar-refractivity contribution in [1.29, 1.82) is 0 Å². The molecule has 0 aromatic rings. The van der Waals surface area contributed by atoms with Crippen molar-refractivity contribution in [2.45, 2.75) is 50.9 Å². The SMILES string of the molecule is CC(=O)OC1(N=O)CC2CC(C)C(C1)N2C. The highest BCUT2D eigenvalue weighted by Crippen LogP contribution is 2.44. The number of carbonyl (C=O) groups is 1. The number of nitrogens with zero attached hydrogens (tertiary/aromatic N) is 2. The zero-order chi connectivity index (χ0) is 11.9. The Morgan fingerprint density at radius 1 is 1.50 bits per heavy atom. The first-order valence-corrected chi connectivity index (χ1v) is 5.73. The van der Waals surface area contributed by atoms with Crippen LogP contribution in [-0.4, -0.2) is 35.7 Å². The van der Waals surface area contributed by atoms with Crippen molar-refractivity contribution in [2.24, 2.45) is 11.1 Å². The second kappa shape index (κ2) is 3.80. The third-order valence-electron chi connectivity index (χ3n) is 3.98. The van der Waals surface area contributed by atoms with E-state index in [0.29, 0.717) is 30.8 Å². The number of esters is 1. The lowest BCUT2D eigenvalue weighted by atomic mass is 9.93. The molecule has 4 atom stereocenters. The number of hydrogen-bond acceptors (Lipinski definition) is 5. The summed E-state index contributed by atoms with van der Waals surface area (Å²) in [6.07, 6.45) is 2.12. The maximum atomic E-state index is 11.0. The zero-order valence-corrected chi connectivity index (χ0v) is 9.97. The van der Waals surface area contributed by atoms with Crippen LogP contribution in [0.25, 0.3) is 0 Å². The summed E-state index contributed by atoms with van der Waals surface area (Å²) in [4.78, 5) is 24.3. The molecule has 5 nitrogen and oxygen atoms in total. The number of rotatable bonds is 2. The van der Waals surface area contributed by atoms with E-state index in [2.05, 4.69) is 24.0 Å². The molecule has 0 aromatic carbocycles. The van der Waals surface area contributed by atoms with Crippen LogP contribution in [-0.2, 0) is 9.53 Å². The molecular formula is C11H18N2O3. The second-order valence-electron chi connectivity index (χ2n) is 5.14. The van der Waals surface area contributed by atoms with Gasteiger partial charge in [0, 0.05) is 31.8 Å². The molecule has 0 aliphatic carbocycles. The van der Waals surface area contributed by atoms with Gasteiger partial charge in [-0.25, -0.2) is 0 Å². The summed E-state index contributed by atoms with van der Waals surface area (Å²) in [5.41, 5.74) is -1.11. The van der Waals surface area contributed by atoms with Crippen molar-refractivity contribution in [3.8, 4) is 0 Å². The van der Waals surface area contributed by atoms with Crippen molar-refractivity contribution in [3.05, 3.63) is 4.91 Å². The molecule has 2 heterocycles. The van der Waals surface area contributed by atoms with Crippen LogP contribution >= 0.6 is 0 Å². The highest BCUT2D eigenvalue weighted by molar-refractivity contribution is 5.66. The summed E-state index contributed by atoms with van der Waals surface area (Å²) in [5, 5.41) is 3.11. The predicted octanol–water partition coefficient (Wildman–Crippen LogP) is 1.51. The van der Waals surface area contributed by atoms with Crippen LogP contribution in [0.3, 0.4) is 0 Å². The zero-order valence-electron chi connectivity index (χ0n) is 9.97. The van der Waals surface area contributed by atoms with Gasteiger partial charge in [-0.2, -0.15) is 0 Å². The third kappa shape index (κ3) is 1.73. The molecule has 4 unspecified atom stereocenters. The van der Waals surface area contributed by atoms with Gasteiger partial charge in [0.1, 0.15) is 0 Å². The molecule has 0 radical (unpaired) electrons. The Morgan fingerprint density at radius 2 is 2.19 bits per heavy atom. The topological polar surface area (TPSA) is 59.0 Å². The van der Waals surface area contributed by atoms with Crippen molar-refractivity contribution < 1.29 is 9.53 Å². The van der Waals surface area contributed by atoms with E-state index in [1.165, 1.54) is 6.92 Å². The standard InChI is InChI=1S/C11H18N2O3/c1-7-4-9-5-11(12-15,16-8(2)14)6-10(7)13(9)3/h7,9-10H,4-6H2,1-3H3. The van der Waals surface area contributed by atoms with E-state index in [-0.39, 0.29) is 0 Å². The van der Waals surface area contributed by atoms with Crippen molar-refractivity contribution in [2.75, 3.05) is 7.05 Å². The summed E-state index contributed by atoms with van der Waals surface area (Å²) >= 11 is 0. The maximum absolute atomic E-state index is 11.0. The first kappa shape index (κ1) is 11.5. The average Bonchev–Trinajstić information content (AvgIpc) is 2.38. The van der Waals surface area contributed by atoms with Gasteiger partial charge in [0.15, 0.2) is 0 Å². The van der Waals surface area contributed by atoms with Crippen molar-refractivity contribution >= 4 is 5.97 Å². The van der Waals surface area contributed by atoms with Gasteiger partial charge < -0.3 is 4.74 Å². The largest absolute Gasteiger partial charge is 0.434 e. The molecule has 0 N–H and O–H groups in total. The van der Waals surface area contributed by atoms with Gasteiger partial charge >= 0.3 is 5.97 Å². The van der Waals surface area contributed by atoms with Gasteiger partial charge in [-0.15, -0.1) is 4.91 Å². The summed E-state index contributed by atoms with van der Waals surface area (Å²) in [6.45, 7) is 3.51. The Bertz CT molecular complexity index is 320. The van der Waals surface area contributed by atoms with E-state index in [1.807, 2.05) is 0 Å². The Hall–Kier alpha value is -0.970. The summed E-state index contributed by atoms with van der Waals surface area (Å²) in [6, 6.07) is 0.613. The minimum absolute atomic E-state index is 0.302. The molecule has 2 saturated heterocycles. The van der Waals surface area contributed by atoms with Crippen molar-refractivity contribution in [1.82, 2.24) is 4.90 Å². The molecule has 2 rings (SSSR count). The lowest BCUT2D eigenvalue weighted by molar-refractivity contribution is -0.164. The number of hydrogen-bond donors (Lipinski definition) is 0. The average molecular weight is 226 g/mol. The molecule has 90 valence electrons. The molecule has 0 spiro atoms. The number of nitroso groups, excluding NO2 is 1. The van der Waals surface area contributed by atoms with Gasteiger partial charge in [-0.1, -0.05) is 6.92 Å². The first-order valence-electron chi connectivity index (χ1n) is 5.73. The van der Waals surface area contributed by atoms with Crippen molar-refractivity contribution in [3.63, 3.8) is 0 Å². The Balaban J connectivity index is 2.20. The summed E-state index contributed by atoms with van der Waals surface area (Å²) < 4.78 is 5.16.